The van der Waals surface area contributed by atoms with Gasteiger partial charge >= 0.3 is 30.5 Å². The largest absolute Gasteiger partial charge is 0.453 e. The summed E-state index contributed by atoms with van der Waals surface area (Å²) in [6, 6.07) is 0. The van der Waals surface area contributed by atoms with Crippen molar-refractivity contribution in [3.8, 4) is 0 Å². The standard InChI is InChI=1S/C9H9F11O4/c1-4(10,3-21)22-6(13,14)8(17,18)24-9(19,20)7(15,16)23-5(2,11)12/h21H,3H2,1-2H3. The zero-order valence-electron chi connectivity index (χ0n) is 11.5. The van der Waals surface area contributed by atoms with Crippen LogP contribution in [0.4, 0.5) is 48.3 Å². The van der Waals surface area contributed by atoms with Crippen molar-refractivity contribution in [2.75, 3.05) is 6.61 Å². The molecule has 0 aliphatic rings. The Labute approximate surface area is 126 Å². The first-order valence-corrected chi connectivity index (χ1v) is 5.47. The Balaban J connectivity index is 5.45. The molecule has 0 aromatic carbocycles. The summed E-state index contributed by atoms with van der Waals surface area (Å²) in [5.41, 5.74) is 0. The Hall–Kier alpha value is -0.930. The van der Waals surface area contributed by atoms with Crippen LogP contribution < -0.4 is 0 Å². The zero-order chi connectivity index (χ0) is 19.8. The summed E-state index contributed by atoms with van der Waals surface area (Å²) in [7, 11) is 0. The fraction of sp³-hybridized carbons (Fsp3) is 1.00. The predicted molar refractivity (Wildman–Crippen MR) is 50.3 cm³/mol. The Morgan fingerprint density at radius 2 is 0.875 bits per heavy atom. The smallest absolute Gasteiger partial charge is 0.390 e. The quantitative estimate of drug-likeness (QED) is 0.610. The summed E-state index contributed by atoms with van der Waals surface area (Å²) in [5, 5.41) is 8.22. The summed E-state index contributed by atoms with van der Waals surface area (Å²) in [4.78, 5) is 0. The number of aliphatic hydroxyl groups excluding tert-OH is 1. The highest BCUT2D eigenvalue weighted by Gasteiger charge is 2.73. The minimum atomic E-state index is -6.71. The monoisotopic (exact) mass is 390 g/mol. The minimum absolute atomic E-state index is 0.0372. The van der Waals surface area contributed by atoms with E-state index < -0.39 is 49.9 Å². The van der Waals surface area contributed by atoms with Crippen LogP contribution in [0.3, 0.4) is 0 Å². The lowest BCUT2D eigenvalue weighted by Gasteiger charge is -2.34. The van der Waals surface area contributed by atoms with E-state index in [1.165, 1.54) is 0 Å². The number of alkyl halides is 11. The second kappa shape index (κ2) is 6.42. The fourth-order valence-corrected chi connectivity index (χ4v) is 0.923. The maximum Gasteiger partial charge on any atom is 0.453 e. The van der Waals surface area contributed by atoms with Gasteiger partial charge < -0.3 is 5.11 Å². The normalized spacial score (nSPS) is 17.8. The summed E-state index contributed by atoms with van der Waals surface area (Å²) in [5.74, 6) is -3.92. The van der Waals surface area contributed by atoms with Gasteiger partial charge in [-0.05, 0) is 6.92 Å². The molecule has 1 unspecified atom stereocenters. The average Bonchev–Trinajstić information content (AvgIpc) is 2.22. The Bertz CT molecular complexity index is 432. The lowest BCUT2D eigenvalue weighted by molar-refractivity contribution is -0.551. The molecule has 1 N–H and O–H groups in total. The molecule has 24 heavy (non-hydrogen) atoms. The van der Waals surface area contributed by atoms with E-state index in [2.05, 4.69) is 9.47 Å². The van der Waals surface area contributed by atoms with Crippen LogP contribution in [0.25, 0.3) is 0 Å². The van der Waals surface area contributed by atoms with E-state index in [1.54, 1.807) is 0 Å². The van der Waals surface area contributed by atoms with Gasteiger partial charge in [-0.2, -0.15) is 43.9 Å². The van der Waals surface area contributed by atoms with Gasteiger partial charge in [-0.25, -0.2) is 13.9 Å². The van der Waals surface area contributed by atoms with Crippen molar-refractivity contribution < 1.29 is 67.6 Å². The molecule has 0 aromatic heterocycles. The maximum atomic E-state index is 12.9. The Morgan fingerprint density at radius 1 is 0.583 bits per heavy atom. The van der Waals surface area contributed by atoms with Crippen molar-refractivity contribution in [3.63, 3.8) is 0 Å². The number of hydrogen-bond donors (Lipinski definition) is 1. The van der Waals surface area contributed by atoms with Crippen LogP contribution in [-0.2, 0) is 14.2 Å². The van der Waals surface area contributed by atoms with Gasteiger partial charge in [0.2, 0.25) is 5.85 Å². The van der Waals surface area contributed by atoms with E-state index >= 15 is 0 Å². The third-order valence-corrected chi connectivity index (χ3v) is 1.86. The van der Waals surface area contributed by atoms with Crippen molar-refractivity contribution in [2.45, 2.75) is 50.2 Å². The molecule has 4 nitrogen and oxygen atoms in total. The summed E-state index contributed by atoms with van der Waals surface area (Å²) in [6.07, 6.45) is -31.1. The fourth-order valence-electron chi connectivity index (χ4n) is 0.923. The van der Waals surface area contributed by atoms with E-state index in [1.807, 2.05) is 4.74 Å². The van der Waals surface area contributed by atoms with E-state index in [0.717, 1.165) is 0 Å². The molecule has 0 amide bonds. The van der Waals surface area contributed by atoms with Gasteiger partial charge in [0.05, 0.1) is 0 Å². The van der Waals surface area contributed by atoms with Crippen molar-refractivity contribution in [3.05, 3.63) is 0 Å². The molecule has 0 radical (unpaired) electrons. The van der Waals surface area contributed by atoms with Crippen molar-refractivity contribution in [1.82, 2.24) is 0 Å². The molecule has 0 rings (SSSR count). The van der Waals surface area contributed by atoms with Gasteiger partial charge in [-0.15, -0.1) is 0 Å². The molecular weight excluding hydrogens is 381 g/mol. The van der Waals surface area contributed by atoms with Crippen LogP contribution in [0.5, 0.6) is 0 Å². The average molecular weight is 390 g/mol. The number of ether oxygens (including phenoxy) is 3. The van der Waals surface area contributed by atoms with Crippen LogP contribution >= 0.6 is 0 Å². The highest BCUT2D eigenvalue weighted by atomic mass is 19.4. The second-order valence-corrected chi connectivity index (χ2v) is 4.44. The van der Waals surface area contributed by atoms with Crippen LogP contribution in [0.15, 0.2) is 0 Å². The minimum Gasteiger partial charge on any atom is -0.390 e. The van der Waals surface area contributed by atoms with Crippen LogP contribution in [-0.4, -0.2) is 48.1 Å². The molecule has 0 spiro atoms. The highest BCUT2D eigenvalue weighted by molar-refractivity contribution is 4.77. The molecule has 0 saturated heterocycles. The molecule has 0 heterocycles. The summed E-state index contributed by atoms with van der Waals surface area (Å²) in [6.45, 7) is -2.48. The lowest BCUT2D eigenvalue weighted by atomic mass is 10.4. The molecule has 0 fully saturated rings. The van der Waals surface area contributed by atoms with Crippen molar-refractivity contribution in [1.29, 1.82) is 0 Å². The molecule has 15 heteroatoms. The van der Waals surface area contributed by atoms with E-state index in [0.29, 0.717) is 0 Å². The molecular formula is C9H9F11O4. The van der Waals surface area contributed by atoms with Crippen LogP contribution in [0, 0.1) is 0 Å². The lowest BCUT2D eigenvalue weighted by Crippen LogP contribution is -2.57. The van der Waals surface area contributed by atoms with E-state index in [-0.39, 0.29) is 6.92 Å². The van der Waals surface area contributed by atoms with E-state index in [4.69, 9.17) is 5.11 Å². The molecule has 1 atom stereocenters. The van der Waals surface area contributed by atoms with Gasteiger partial charge in [-0.3, -0.25) is 4.74 Å². The molecule has 146 valence electrons. The van der Waals surface area contributed by atoms with Crippen molar-refractivity contribution in [2.24, 2.45) is 0 Å². The first-order chi connectivity index (χ1) is 10.2. The second-order valence-electron chi connectivity index (χ2n) is 4.44. The van der Waals surface area contributed by atoms with E-state index in [9.17, 15) is 48.3 Å². The highest BCUT2D eigenvalue weighted by Crippen LogP contribution is 2.48. The number of rotatable bonds is 9. The Kier molecular flexibility index (Phi) is 6.17. The van der Waals surface area contributed by atoms with Gasteiger partial charge in [0, 0.05) is 6.92 Å². The third-order valence-electron chi connectivity index (χ3n) is 1.86. The molecule has 0 aromatic rings. The van der Waals surface area contributed by atoms with Gasteiger partial charge in [0.25, 0.3) is 0 Å². The predicted octanol–water partition coefficient (Wildman–Crippen LogP) is 3.70. The first-order valence-electron chi connectivity index (χ1n) is 5.47. The van der Waals surface area contributed by atoms with Crippen molar-refractivity contribution >= 4 is 0 Å². The van der Waals surface area contributed by atoms with Gasteiger partial charge in [-0.1, -0.05) is 0 Å². The molecule has 0 saturated carbocycles. The third kappa shape index (κ3) is 5.86. The first kappa shape index (κ1) is 23.1. The van der Waals surface area contributed by atoms with Crippen LogP contribution in [0.1, 0.15) is 13.8 Å². The van der Waals surface area contributed by atoms with Gasteiger partial charge in [0.15, 0.2) is 0 Å². The molecule has 0 aliphatic carbocycles. The topological polar surface area (TPSA) is 47.9 Å². The summed E-state index contributed by atoms with van der Waals surface area (Å²) >= 11 is 0. The Morgan fingerprint density at radius 3 is 1.17 bits per heavy atom. The maximum absolute atomic E-state index is 12.9. The number of aliphatic hydroxyl groups is 1. The SMILES string of the molecule is CC(F)(F)OC(F)(F)C(F)(F)OC(F)(F)C(F)(F)OC(C)(F)CO. The molecule has 0 aliphatic heterocycles. The molecule has 0 bridgehead atoms. The zero-order valence-corrected chi connectivity index (χ0v) is 11.5. The summed E-state index contributed by atoms with van der Waals surface area (Å²) < 4.78 is 147. The number of halogens is 11. The number of hydrogen-bond acceptors (Lipinski definition) is 4. The van der Waals surface area contributed by atoms with Gasteiger partial charge in [0.1, 0.15) is 6.61 Å². The van der Waals surface area contributed by atoms with Crippen LogP contribution in [0.2, 0.25) is 0 Å².